The first kappa shape index (κ1) is 28.9. The van der Waals surface area contributed by atoms with Crippen LogP contribution in [0.1, 0.15) is 109 Å². The third-order valence-electron chi connectivity index (χ3n) is 6.58. The summed E-state index contributed by atoms with van der Waals surface area (Å²) in [6.07, 6.45) is 25.0. The van der Waals surface area contributed by atoms with Gasteiger partial charge in [-0.25, -0.2) is 0 Å². The highest BCUT2D eigenvalue weighted by atomic mass is 16.3. The third-order valence-corrected chi connectivity index (χ3v) is 6.58. The minimum Gasteiger partial charge on any atom is -0.390 e. The maximum Gasteiger partial charge on any atom is 0.109 e. The largest absolute Gasteiger partial charge is 0.390 e. The molecule has 0 saturated heterocycles. The van der Waals surface area contributed by atoms with Crippen molar-refractivity contribution in [3.05, 3.63) is 48.2 Å². The average molecular weight is 447 g/mol. The molecule has 3 heteroatoms. The highest BCUT2D eigenvalue weighted by molar-refractivity contribution is 5.13. The van der Waals surface area contributed by atoms with Crippen molar-refractivity contribution in [2.24, 2.45) is 0 Å². The molecule has 32 heavy (non-hydrogen) atoms. The second kappa shape index (κ2) is 20.4. The van der Waals surface area contributed by atoms with Crippen LogP contribution >= 0.6 is 0 Å². The lowest BCUT2D eigenvalue weighted by Gasteiger charge is -2.34. The summed E-state index contributed by atoms with van der Waals surface area (Å²) in [4.78, 5) is 0. The van der Waals surface area contributed by atoms with Gasteiger partial charge in [0, 0.05) is 5.56 Å². The van der Waals surface area contributed by atoms with E-state index in [1.165, 1.54) is 95.5 Å². The van der Waals surface area contributed by atoms with Crippen LogP contribution in [0.15, 0.2) is 42.6 Å². The summed E-state index contributed by atoms with van der Waals surface area (Å²) in [7, 11) is 0. The molecule has 184 valence electrons. The van der Waals surface area contributed by atoms with E-state index in [1.54, 1.807) is 0 Å². The van der Waals surface area contributed by atoms with Gasteiger partial charge >= 0.3 is 0 Å². The van der Waals surface area contributed by atoms with Crippen molar-refractivity contribution < 1.29 is 14.7 Å². The first-order valence-electron chi connectivity index (χ1n) is 13.6. The van der Waals surface area contributed by atoms with Gasteiger partial charge in [-0.15, -0.1) is 0 Å². The van der Waals surface area contributed by atoms with E-state index in [9.17, 15) is 10.2 Å². The van der Waals surface area contributed by atoms with Gasteiger partial charge in [-0.3, -0.25) is 4.48 Å². The molecule has 0 unspecified atom stereocenters. The van der Waals surface area contributed by atoms with Crippen LogP contribution in [0, 0.1) is 0 Å². The van der Waals surface area contributed by atoms with E-state index in [2.05, 4.69) is 43.5 Å². The summed E-state index contributed by atoms with van der Waals surface area (Å²) in [5.74, 6) is 0. The van der Waals surface area contributed by atoms with E-state index in [1.807, 2.05) is 6.07 Å². The summed E-state index contributed by atoms with van der Waals surface area (Å²) in [5, 5.41) is 19.2. The van der Waals surface area contributed by atoms with Crippen LogP contribution in [0.5, 0.6) is 0 Å². The Hall–Kier alpha value is -1.16. The first-order valence-corrected chi connectivity index (χ1v) is 13.6. The Bertz CT molecular complexity index is 537. The highest BCUT2D eigenvalue weighted by Gasteiger charge is 2.24. The molecule has 1 aromatic carbocycles. The maximum absolute atomic E-state index is 9.61. The van der Waals surface area contributed by atoms with Gasteiger partial charge in [0.25, 0.3) is 0 Å². The van der Waals surface area contributed by atoms with Crippen LogP contribution in [0.2, 0.25) is 0 Å². The van der Waals surface area contributed by atoms with Crippen molar-refractivity contribution in [2.75, 3.05) is 26.3 Å². The predicted octanol–water partition coefficient (Wildman–Crippen LogP) is 7.37. The summed E-state index contributed by atoms with van der Waals surface area (Å²) < 4.78 is 0.621. The zero-order valence-electron chi connectivity index (χ0n) is 21.0. The topological polar surface area (TPSA) is 40.5 Å². The van der Waals surface area contributed by atoms with Crippen molar-refractivity contribution in [3.8, 4) is 0 Å². The van der Waals surface area contributed by atoms with E-state index in [0.29, 0.717) is 17.6 Å². The molecule has 0 amide bonds. The van der Waals surface area contributed by atoms with Crippen LogP contribution in [0.4, 0.5) is 0 Å². The zero-order valence-corrected chi connectivity index (χ0v) is 21.0. The molecule has 0 saturated carbocycles. The van der Waals surface area contributed by atoms with Gasteiger partial charge in [0.2, 0.25) is 0 Å². The van der Waals surface area contributed by atoms with Gasteiger partial charge in [0.1, 0.15) is 19.6 Å². The number of benzene rings is 1. The van der Waals surface area contributed by atoms with Crippen LogP contribution in [-0.2, 0) is 6.54 Å². The fourth-order valence-corrected chi connectivity index (χ4v) is 4.57. The molecule has 0 spiro atoms. The van der Waals surface area contributed by atoms with Gasteiger partial charge in [-0.1, -0.05) is 121 Å². The molecule has 0 aliphatic rings. The van der Waals surface area contributed by atoms with Crippen molar-refractivity contribution in [1.82, 2.24) is 0 Å². The highest BCUT2D eigenvalue weighted by Crippen LogP contribution is 2.17. The second-order valence-electron chi connectivity index (χ2n) is 9.53. The predicted molar refractivity (Wildman–Crippen MR) is 138 cm³/mol. The molecule has 0 aliphatic heterocycles. The molecular weight excluding hydrogens is 394 g/mol. The molecule has 2 N–H and O–H groups in total. The van der Waals surface area contributed by atoms with Crippen LogP contribution in [-0.4, -0.2) is 41.0 Å². The van der Waals surface area contributed by atoms with Gasteiger partial charge < -0.3 is 10.2 Å². The number of quaternary nitrogens is 1. The number of aliphatic hydroxyl groups excluding tert-OH is 2. The number of aliphatic hydroxyl groups is 2. The van der Waals surface area contributed by atoms with Gasteiger partial charge in [-0.2, -0.15) is 0 Å². The van der Waals surface area contributed by atoms with Crippen molar-refractivity contribution in [1.29, 1.82) is 0 Å². The zero-order chi connectivity index (χ0) is 23.2. The number of allylic oxidation sites excluding steroid dienone is 1. The van der Waals surface area contributed by atoms with Gasteiger partial charge in [-0.05, 0) is 18.9 Å². The monoisotopic (exact) mass is 446 g/mol. The van der Waals surface area contributed by atoms with E-state index < -0.39 is 0 Å². The minimum absolute atomic E-state index is 0.135. The second-order valence-corrected chi connectivity index (χ2v) is 9.53. The molecule has 0 fully saturated rings. The molecular formula is C29H52NO2+. The molecule has 0 bridgehead atoms. The number of rotatable bonds is 22. The summed E-state index contributed by atoms with van der Waals surface area (Å²) in [6.45, 7) is 4.66. The maximum atomic E-state index is 9.61. The molecule has 1 rings (SSSR count). The van der Waals surface area contributed by atoms with Crippen molar-refractivity contribution in [3.63, 3.8) is 0 Å². The minimum atomic E-state index is 0.135. The summed E-state index contributed by atoms with van der Waals surface area (Å²) in [5.41, 5.74) is 1.25. The molecule has 0 atom stereocenters. The number of hydrogen-bond donors (Lipinski definition) is 2. The lowest BCUT2D eigenvalue weighted by Crippen LogP contribution is -2.46. The molecule has 0 heterocycles. The van der Waals surface area contributed by atoms with Crippen LogP contribution in [0.25, 0.3) is 0 Å². The normalized spacial score (nSPS) is 12.1. The summed E-state index contributed by atoms with van der Waals surface area (Å²) >= 11 is 0. The molecule has 0 radical (unpaired) electrons. The molecule has 1 aromatic rings. The van der Waals surface area contributed by atoms with Crippen molar-refractivity contribution in [2.45, 2.75) is 110 Å². The van der Waals surface area contributed by atoms with Gasteiger partial charge in [0.05, 0.1) is 19.4 Å². The lowest BCUT2D eigenvalue weighted by molar-refractivity contribution is -0.893. The number of hydrogen-bond acceptors (Lipinski definition) is 2. The van der Waals surface area contributed by atoms with Crippen LogP contribution in [0.3, 0.4) is 0 Å². The van der Waals surface area contributed by atoms with E-state index in [-0.39, 0.29) is 13.2 Å². The number of unbranched alkanes of at least 4 members (excludes halogenated alkanes) is 14. The van der Waals surface area contributed by atoms with E-state index >= 15 is 0 Å². The number of nitrogens with zero attached hydrogens (tertiary/aromatic N) is 1. The average Bonchev–Trinajstić information content (AvgIpc) is 2.80. The quantitative estimate of drug-likeness (QED) is 0.144. The standard InChI is InChI=1S/C29H52NO2/c1-2-3-4-5-6-7-8-9-10-11-12-13-14-15-16-20-23-30(24-26-31,25-27-32)28-29-21-18-17-19-22-29/h17-23,31-32H,2-16,24-28H2,1H3/q+1/b23-20+. The molecule has 3 nitrogen and oxygen atoms in total. The van der Waals surface area contributed by atoms with Gasteiger partial charge in [0.15, 0.2) is 0 Å². The van der Waals surface area contributed by atoms with Crippen molar-refractivity contribution >= 4 is 0 Å². The Morgan fingerprint density at radius 2 is 1.12 bits per heavy atom. The van der Waals surface area contributed by atoms with Crippen LogP contribution < -0.4 is 0 Å². The molecule has 0 aromatic heterocycles. The fourth-order valence-electron chi connectivity index (χ4n) is 4.57. The van der Waals surface area contributed by atoms with E-state index in [4.69, 9.17) is 0 Å². The lowest BCUT2D eigenvalue weighted by atomic mass is 10.0. The third kappa shape index (κ3) is 14.8. The smallest absolute Gasteiger partial charge is 0.109 e. The Balaban J connectivity index is 2.14. The fraction of sp³-hybridized carbons (Fsp3) is 0.724. The molecule has 0 aliphatic carbocycles. The Morgan fingerprint density at radius 1 is 0.656 bits per heavy atom. The SMILES string of the molecule is CCCCCCCCCCCCCCCC/C=C/[N+](CCO)(CCO)Cc1ccccc1. The first-order chi connectivity index (χ1) is 15.8. The Kier molecular flexibility index (Phi) is 18.4. The Labute approximate surface area is 199 Å². The Morgan fingerprint density at radius 3 is 1.59 bits per heavy atom. The van der Waals surface area contributed by atoms with E-state index in [0.717, 1.165) is 13.0 Å². The summed E-state index contributed by atoms with van der Waals surface area (Å²) in [6, 6.07) is 10.4.